The van der Waals surface area contributed by atoms with Crippen LogP contribution < -0.4 is 9.64 Å². The second kappa shape index (κ2) is 7.51. The first-order valence-corrected chi connectivity index (χ1v) is 9.57. The molecule has 0 unspecified atom stereocenters. The Labute approximate surface area is 167 Å². The van der Waals surface area contributed by atoms with E-state index in [1.807, 2.05) is 4.90 Å². The van der Waals surface area contributed by atoms with Gasteiger partial charge in [0.25, 0.3) is 5.91 Å². The minimum atomic E-state index is -4.75. The van der Waals surface area contributed by atoms with Crippen molar-refractivity contribution in [2.24, 2.45) is 0 Å². The molecule has 0 saturated carbocycles. The van der Waals surface area contributed by atoms with Crippen molar-refractivity contribution < 1.29 is 27.1 Å². The molecule has 3 aromatic rings. The summed E-state index contributed by atoms with van der Waals surface area (Å²) in [5, 5.41) is 0.655. The third kappa shape index (κ3) is 4.26. The summed E-state index contributed by atoms with van der Waals surface area (Å²) in [7, 11) is 0. The molecule has 4 rings (SSSR count). The van der Waals surface area contributed by atoms with E-state index in [1.54, 1.807) is 11.0 Å². The van der Waals surface area contributed by atoms with Gasteiger partial charge in [0.05, 0.1) is 15.8 Å². The maximum Gasteiger partial charge on any atom is 0.573 e. The number of rotatable bonds is 3. The number of thiazole rings is 1. The fourth-order valence-corrected chi connectivity index (χ4v) is 4.18. The first-order valence-electron chi connectivity index (χ1n) is 8.75. The minimum absolute atomic E-state index is 0.0399. The predicted molar refractivity (Wildman–Crippen MR) is 101 cm³/mol. The average Bonchev–Trinajstić information content (AvgIpc) is 3.10. The summed E-state index contributed by atoms with van der Waals surface area (Å²) in [4.78, 5) is 20.5. The normalized spacial score (nSPS) is 15.0. The zero-order chi connectivity index (χ0) is 20.6. The van der Waals surface area contributed by atoms with Gasteiger partial charge in [-0.2, -0.15) is 0 Å². The number of fused-ring (bicyclic) bond motifs is 1. The Hall–Kier alpha value is -2.88. The molecule has 1 aliphatic rings. The third-order valence-corrected chi connectivity index (χ3v) is 5.60. The lowest BCUT2D eigenvalue weighted by molar-refractivity contribution is -0.274. The van der Waals surface area contributed by atoms with Crippen molar-refractivity contribution in [3.05, 3.63) is 53.8 Å². The van der Waals surface area contributed by atoms with Crippen molar-refractivity contribution in [3.63, 3.8) is 0 Å². The number of ether oxygens (including phenoxy) is 1. The van der Waals surface area contributed by atoms with Crippen molar-refractivity contribution >= 4 is 32.6 Å². The van der Waals surface area contributed by atoms with Crippen LogP contribution in [0.4, 0.5) is 22.7 Å². The Morgan fingerprint density at radius 2 is 1.79 bits per heavy atom. The van der Waals surface area contributed by atoms with Crippen LogP contribution in [0.2, 0.25) is 0 Å². The van der Waals surface area contributed by atoms with E-state index < -0.39 is 12.2 Å². The van der Waals surface area contributed by atoms with E-state index >= 15 is 0 Å². The lowest BCUT2D eigenvalue weighted by atomic mass is 10.1. The second-order valence-electron chi connectivity index (χ2n) is 6.43. The number of aromatic nitrogens is 1. The van der Waals surface area contributed by atoms with Crippen LogP contribution >= 0.6 is 11.3 Å². The topological polar surface area (TPSA) is 45.7 Å². The zero-order valence-electron chi connectivity index (χ0n) is 14.9. The van der Waals surface area contributed by atoms with Crippen molar-refractivity contribution in [3.8, 4) is 5.75 Å². The first-order chi connectivity index (χ1) is 13.8. The van der Waals surface area contributed by atoms with E-state index in [9.17, 15) is 22.4 Å². The van der Waals surface area contributed by atoms with E-state index in [1.165, 1.54) is 47.7 Å². The number of halogens is 4. The summed E-state index contributed by atoms with van der Waals surface area (Å²) in [5.74, 6) is -1.20. The van der Waals surface area contributed by atoms with E-state index in [0.717, 1.165) is 0 Å². The van der Waals surface area contributed by atoms with Crippen molar-refractivity contribution in [1.29, 1.82) is 0 Å². The fraction of sp³-hybridized carbons (Fsp3) is 0.263. The van der Waals surface area contributed by atoms with Crippen molar-refractivity contribution in [1.82, 2.24) is 9.88 Å². The van der Waals surface area contributed by atoms with Gasteiger partial charge in [0, 0.05) is 32.2 Å². The van der Waals surface area contributed by atoms with Gasteiger partial charge in [-0.25, -0.2) is 9.37 Å². The molecule has 0 aliphatic carbocycles. The van der Waals surface area contributed by atoms with Crippen LogP contribution in [0.5, 0.6) is 5.75 Å². The number of anilines is 1. The number of hydrogen-bond acceptors (Lipinski definition) is 5. The number of amides is 1. The maximum atomic E-state index is 13.8. The number of nitrogens with zero attached hydrogens (tertiary/aromatic N) is 3. The van der Waals surface area contributed by atoms with Gasteiger partial charge in [-0.05, 0) is 24.3 Å². The Kier molecular flexibility index (Phi) is 5.03. The third-order valence-electron chi connectivity index (χ3n) is 4.52. The van der Waals surface area contributed by atoms with Gasteiger partial charge < -0.3 is 14.5 Å². The summed E-state index contributed by atoms with van der Waals surface area (Å²) >= 11 is 1.26. The van der Waals surface area contributed by atoms with E-state index in [4.69, 9.17) is 0 Å². The summed E-state index contributed by atoms with van der Waals surface area (Å²) < 4.78 is 55.5. The zero-order valence-corrected chi connectivity index (χ0v) is 15.8. The van der Waals surface area contributed by atoms with Gasteiger partial charge in [-0.15, -0.1) is 13.2 Å². The largest absolute Gasteiger partial charge is 0.573 e. The summed E-state index contributed by atoms with van der Waals surface area (Å²) in [6.07, 6.45) is -4.75. The van der Waals surface area contributed by atoms with Crippen molar-refractivity contribution in [2.75, 3.05) is 31.1 Å². The molecular formula is C19H15F4N3O2S. The molecule has 1 fully saturated rings. The Balaban J connectivity index is 1.45. The molecule has 0 spiro atoms. The van der Waals surface area contributed by atoms with Gasteiger partial charge in [0.15, 0.2) is 5.13 Å². The highest BCUT2D eigenvalue weighted by Crippen LogP contribution is 2.33. The fourth-order valence-electron chi connectivity index (χ4n) is 3.13. The lowest BCUT2D eigenvalue weighted by Gasteiger charge is -2.34. The highest BCUT2D eigenvalue weighted by Gasteiger charge is 2.31. The van der Waals surface area contributed by atoms with Crippen LogP contribution in [0, 0.1) is 5.82 Å². The van der Waals surface area contributed by atoms with Gasteiger partial charge in [-0.3, -0.25) is 4.79 Å². The van der Waals surface area contributed by atoms with Gasteiger partial charge in [0.2, 0.25) is 0 Å². The maximum absolute atomic E-state index is 13.8. The van der Waals surface area contributed by atoms with Crippen LogP contribution in [-0.4, -0.2) is 48.3 Å². The molecule has 1 aliphatic heterocycles. The molecule has 2 heterocycles. The average molecular weight is 425 g/mol. The van der Waals surface area contributed by atoms with Crippen LogP contribution in [-0.2, 0) is 0 Å². The van der Waals surface area contributed by atoms with E-state index in [0.29, 0.717) is 41.5 Å². The molecule has 0 N–H and O–H groups in total. The number of carbonyl (C=O) groups excluding carboxylic acids is 1. The highest BCUT2D eigenvalue weighted by molar-refractivity contribution is 7.22. The Bertz CT molecular complexity index is 1050. The van der Waals surface area contributed by atoms with Crippen LogP contribution in [0.25, 0.3) is 10.2 Å². The molecular weight excluding hydrogens is 410 g/mol. The highest BCUT2D eigenvalue weighted by atomic mass is 32.1. The SMILES string of the molecule is O=C(c1ccccc1F)N1CCN(c2nc3ccc(OC(F)(F)F)cc3s2)CC1. The molecule has 2 aromatic carbocycles. The number of alkyl halides is 3. The Morgan fingerprint density at radius 3 is 2.48 bits per heavy atom. The molecule has 0 radical (unpaired) electrons. The number of carbonyl (C=O) groups is 1. The molecule has 152 valence electrons. The smallest absolute Gasteiger partial charge is 0.406 e. The monoisotopic (exact) mass is 425 g/mol. The van der Waals surface area contributed by atoms with Gasteiger partial charge in [0.1, 0.15) is 11.6 Å². The minimum Gasteiger partial charge on any atom is -0.406 e. The molecule has 10 heteroatoms. The number of piperazine rings is 1. The molecule has 1 saturated heterocycles. The predicted octanol–water partition coefficient (Wildman–Crippen LogP) is 4.30. The summed E-state index contributed by atoms with van der Waals surface area (Å²) in [6.45, 7) is 1.77. The van der Waals surface area contributed by atoms with Crippen LogP contribution in [0.3, 0.4) is 0 Å². The molecule has 29 heavy (non-hydrogen) atoms. The number of hydrogen-bond donors (Lipinski definition) is 0. The standard InChI is InChI=1S/C19H15F4N3O2S/c20-14-4-2-1-3-13(14)17(27)25-7-9-26(10-8-25)18-24-15-6-5-12(11-16(15)29-18)28-19(21,22)23/h1-6,11H,7-10H2. The Morgan fingerprint density at radius 1 is 1.07 bits per heavy atom. The molecule has 0 atom stereocenters. The summed E-state index contributed by atoms with van der Waals surface area (Å²) in [6, 6.07) is 9.87. The molecule has 0 bridgehead atoms. The second-order valence-corrected chi connectivity index (χ2v) is 7.44. The first kappa shape index (κ1) is 19.4. The van der Waals surface area contributed by atoms with Gasteiger partial charge >= 0.3 is 6.36 Å². The quantitative estimate of drug-likeness (QED) is 0.587. The molecule has 5 nitrogen and oxygen atoms in total. The van der Waals surface area contributed by atoms with Gasteiger partial charge in [-0.1, -0.05) is 23.5 Å². The molecule has 1 amide bonds. The lowest BCUT2D eigenvalue weighted by Crippen LogP contribution is -2.49. The van der Waals surface area contributed by atoms with E-state index in [2.05, 4.69) is 9.72 Å². The van der Waals surface area contributed by atoms with Crippen molar-refractivity contribution in [2.45, 2.75) is 6.36 Å². The van der Waals surface area contributed by atoms with E-state index in [-0.39, 0.29) is 17.2 Å². The van der Waals surface area contributed by atoms with Crippen LogP contribution in [0.1, 0.15) is 10.4 Å². The number of benzene rings is 2. The summed E-state index contributed by atoms with van der Waals surface area (Å²) in [5.41, 5.74) is 0.613. The van der Waals surface area contributed by atoms with Crippen LogP contribution in [0.15, 0.2) is 42.5 Å². The molecule has 1 aromatic heterocycles.